The van der Waals surface area contributed by atoms with Gasteiger partial charge in [-0.25, -0.2) is 17.5 Å². The molecule has 0 spiro atoms. The second-order valence-corrected chi connectivity index (χ2v) is 9.50. The zero-order valence-electron chi connectivity index (χ0n) is 15.4. The lowest BCUT2D eigenvalue weighted by Crippen LogP contribution is -2.27. The summed E-state index contributed by atoms with van der Waals surface area (Å²) in [5, 5.41) is 2.08. The van der Waals surface area contributed by atoms with Gasteiger partial charge in [-0.15, -0.1) is 11.3 Å². The fraction of sp³-hybridized carbons (Fsp3) is 0.150. The molecule has 0 aliphatic carbocycles. The summed E-state index contributed by atoms with van der Waals surface area (Å²) in [6.45, 7) is 0.127. The molecule has 5 nitrogen and oxygen atoms in total. The van der Waals surface area contributed by atoms with Gasteiger partial charge in [0.05, 0.1) is 4.90 Å². The molecule has 0 aliphatic rings. The maximum absolute atomic E-state index is 14.0. The highest BCUT2D eigenvalue weighted by Gasteiger charge is 2.19. The summed E-state index contributed by atoms with van der Waals surface area (Å²) in [6, 6.07) is 13.7. The molecule has 0 atom stereocenters. The fourth-order valence-electron chi connectivity index (χ4n) is 2.67. The standard InChI is InChI=1S/C20H18ClFN2O3S2/c1-24(13-17-18(21)8-3-9-19(17)22)20(25)14-5-2-7-16(11-14)29(26,27)23-12-15-6-4-10-28-15/h2-11,23H,12-13H2,1H3. The molecule has 0 aliphatic heterocycles. The van der Waals surface area contributed by atoms with Crippen LogP contribution in [0.15, 0.2) is 64.9 Å². The third kappa shape index (κ3) is 5.22. The molecule has 1 amide bonds. The Hall–Kier alpha value is -2.26. The van der Waals surface area contributed by atoms with Gasteiger partial charge in [0.25, 0.3) is 5.91 Å². The Bertz CT molecular complexity index is 1100. The third-order valence-electron chi connectivity index (χ3n) is 4.21. The van der Waals surface area contributed by atoms with Gasteiger partial charge < -0.3 is 4.90 Å². The Morgan fingerprint density at radius 2 is 1.93 bits per heavy atom. The summed E-state index contributed by atoms with van der Waals surface area (Å²) < 4.78 is 41.6. The van der Waals surface area contributed by atoms with E-state index in [1.165, 1.54) is 59.7 Å². The van der Waals surface area contributed by atoms with Crippen molar-refractivity contribution in [2.24, 2.45) is 0 Å². The van der Waals surface area contributed by atoms with Crippen molar-refractivity contribution < 1.29 is 17.6 Å². The molecule has 3 rings (SSSR count). The van der Waals surface area contributed by atoms with Crippen molar-refractivity contribution in [3.05, 3.63) is 86.8 Å². The van der Waals surface area contributed by atoms with Crippen LogP contribution < -0.4 is 4.72 Å². The summed E-state index contributed by atoms with van der Waals surface area (Å²) in [4.78, 5) is 14.9. The number of carbonyl (C=O) groups excluding carboxylic acids is 1. The fourth-order valence-corrected chi connectivity index (χ4v) is 4.68. The van der Waals surface area contributed by atoms with E-state index in [-0.39, 0.29) is 34.1 Å². The third-order valence-corrected chi connectivity index (χ3v) is 6.84. The van der Waals surface area contributed by atoms with E-state index in [4.69, 9.17) is 11.6 Å². The van der Waals surface area contributed by atoms with Crippen LogP contribution in [0.3, 0.4) is 0 Å². The second-order valence-electron chi connectivity index (χ2n) is 6.29. The van der Waals surface area contributed by atoms with Crippen LogP contribution >= 0.6 is 22.9 Å². The zero-order valence-corrected chi connectivity index (χ0v) is 17.8. The molecule has 0 saturated carbocycles. The molecule has 1 aromatic heterocycles. The first-order valence-corrected chi connectivity index (χ1v) is 11.3. The zero-order chi connectivity index (χ0) is 21.0. The second kappa shape index (κ2) is 9.04. The van der Waals surface area contributed by atoms with Gasteiger partial charge in [0.15, 0.2) is 0 Å². The van der Waals surface area contributed by atoms with E-state index in [2.05, 4.69) is 4.72 Å². The van der Waals surface area contributed by atoms with E-state index < -0.39 is 21.7 Å². The molecular formula is C20H18ClFN2O3S2. The Labute approximate surface area is 177 Å². The smallest absolute Gasteiger partial charge is 0.253 e. The van der Waals surface area contributed by atoms with Crippen molar-refractivity contribution in [3.63, 3.8) is 0 Å². The Kier molecular flexibility index (Phi) is 6.69. The number of thiophene rings is 1. The van der Waals surface area contributed by atoms with Gasteiger partial charge in [0.1, 0.15) is 5.82 Å². The molecule has 2 aromatic carbocycles. The molecule has 29 heavy (non-hydrogen) atoms. The lowest BCUT2D eigenvalue weighted by molar-refractivity contribution is 0.0783. The number of amides is 1. The molecule has 1 N–H and O–H groups in total. The molecule has 0 radical (unpaired) electrons. The first-order valence-electron chi connectivity index (χ1n) is 8.58. The topological polar surface area (TPSA) is 66.5 Å². The summed E-state index contributed by atoms with van der Waals surface area (Å²) in [5.74, 6) is -0.953. The minimum absolute atomic E-state index is 0.0165. The van der Waals surface area contributed by atoms with E-state index in [1.807, 2.05) is 17.5 Å². The van der Waals surface area contributed by atoms with Crippen molar-refractivity contribution in [1.29, 1.82) is 0 Å². The van der Waals surface area contributed by atoms with Crippen molar-refractivity contribution in [1.82, 2.24) is 9.62 Å². The number of carbonyl (C=O) groups is 1. The van der Waals surface area contributed by atoms with Crippen LogP contribution in [0.1, 0.15) is 20.8 Å². The summed E-state index contributed by atoms with van der Waals surface area (Å²) in [7, 11) is -2.28. The highest BCUT2D eigenvalue weighted by Crippen LogP contribution is 2.21. The minimum atomic E-state index is -3.79. The van der Waals surface area contributed by atoms with E-state index >= 15 is 0 Å². The molecule has 3 aromatic rings. The average molecular weight is 453 g/mol. The summed E-state index contributed by atoms with van der Waals surface area (Å²) in [5.41, 5.74) is 0.380. The van der Waals surface area contributed by atoms with Crippen LogP contribution in [0.5, 0.6) is 0 Å². The number of nitrogens with zero attached hydrogens (tertiary/aromatic N) is 1. The van der Waals surface area contributed by atoms with Crippen LogP contribution in [0.25, 0.3) is 0 Å². The number of halogens is 2. The minimum Gasteiger partial charge on any atom is -0.337 e. The van der Waals surface area contributed by atoms with E-state index in [0.717, 1.165) is 4.88 Å². The van der Waals surface area contributed by atoms with Gasteiger partial charge in [-0.2, -0.15) is 0 Å². The van der Waals surface area contributed by atoms with Crippen LogP contribution in [-0.4, -0.2) is 26.3 Å². The Morgan fingerprint density at radius 3 is 2.62 bits per heavy atom. The molecule has 0 unspecified atom stereocenters. The Balaban J connectivity index is 1.76. The van der Waals surface area contributed by atoms with Gasteiger partial charge in [0, 0.05) is 41.2 Å². The van der Waals surface area contributed by atoms with E-state index in [9.17, 15) is 17.6 Å². The van der Waals surface area contributed by atoms with Crippen LogP contribution in [0, 0.1) is 5.82 Å². The predicted octanol–water partition coefficient (Wildman–Crippen LogP) is 4.29. The number of nitrogens with one attached hydrogen (secondary N) is 1. The van der Waals surface area contributed by atoms with Crippen molar-refractivity contribution in [2.75, 3.05) is 7.05 Å². The van der Waals surface area contributed by atoms with Crippen LogP contribution in [0.2, 0.25) is 5.02 Å². The number of rotatable bonds is 7. The number of sulfonamides is 1. The average Bonchev–Trinajstić information content (AvgIpc) is 3.22. The number of benzene rings is 2. The number of hydrogen-bond donors (Lipinski definition) is 1. The van der Waals surface area contributed by atoms with Crippen molar-refractivity contribution in [3.8, 4) is 0 Å². The molecule has 9 heteroatoms. The van der Waals surface area contributed by atoms with Crippen LogP contribution in [0.4, 0.5) is 4.39 Å². The monoisotopic (exact) mass is 452 g/mol. The lowest BCUT2D eigenvalue weighted by atomic mass is 10.1. The maximum Gasteiger partial charge on any atom is 0.253 e. The largest absolute Gasteiger partial charge is 0.337 e. The van der Waals surface area contributed by atoms with Gasteiger partial charge in [-0.1, -0.05) is 29.8 Å². The van der Waals surface area contributed by atoms with Gasteiger partial charge in [0.2, 0.25) is 10.0 Å². The normalized spacial score (nSPS) is 11.4. The maximum atomic E-state index is 14.0. The van der Waals surface area contributed by atoms with Crippen molar-refractivity contribution >= 4 is 38.9 Å². The lowest BCUT2D eigenvalue weighted by Gasteiger charge is -2.19. The number of hydrogen-bond acceptors (Lipinski definition) is 4. The summed E-state index contributed by atoms with van der Waals surface area (Å²) >= 11 is 7.47. The van der Waals surface area contributed by atoms with Gasteiger partial charge in [-0.3, -0.25) is 4.79 Å². The quantitative estimate of drug-likeness (QED) is 0.581. The predicted molar refractivity (Wildman–Crippen MR) is 112 cm³/mol. The highest BCUT2D eigenvalue weighted by molar-refractivity contribution is 7.89. The SMILES string of the molecule is CN(Cc1c(F)cccc1Cl)C(=O)c1cccc(S(=O)(=O)NCc2cccs2)c1. The Morgan fingerprint density at radius 1 is 1.17 bits per heavy atom. The van der Waals surface area contributed by atoms with Gasteiger partial charge >= 0.3 is 0 Å². The molecule has 1 heterocycles. The molecular weight excluding hydrogens is 435 g/mol. The first-order chi connectivity index (χ1) is 13.8. The molecule has 152 valence electrons. The highest BCUT2D eigenvalue weighted by atomic mass is 35.5. The molecule has 0 fully saturated rings. The van der Waals surface area contributed by atoms with Gasteiger partial charge in [-0.05, 0) is 41.8 Å². The first kappa shape index (κ1) is 21.4. The van der Waals surface area contributed by atoms with E-state index in [1.54, 1.807) is 6.07 Å². The van der Waals surface area contributed by atoms with E-state index in [0.29, 0.717) is 0 Å². The molecule has 0 saturated heterocycles. The summed E-state index contributed by atoms with van der Waals surface area (Å²) in [6.07, 6.45) is 0. The van der Waals surface area contributed by atoms with Crippen molar-refractivity contribution in [2.45, 2.75) is 18.0 Å². The van der Waals surface area contributed by atoms with Crippen LogP contribution in [-0.2, 0) is 23.1 Å². The molecule has 0 bridgehead atoms.